The Morgan fingerprint density at radius 2 is 1.52 bits per heavy atom. The maximum atomic E-state index is 12.9. The first-order chi connectivity index (χ1) is 15.6. The van der Waals surface area contributed by atoms with Gasteiger partial charge in [-0.25, -0.2) is 31.1 Å². The molecule has 1 N–H and O–H groups in total. The fourth-order valence-corrected chi connectivity index (χ4v) is 6.37. The van der Waals surface area contributed by atoms with Crippen LogP contribution in [0.25, 0.3) is 11.3 Å². The molecule has 0 bridgehead atoms. The lowest BCUT2D eigenvalue weighted by atomic mass is 10.1. The van der Waals surface area contributed by atoms with Crippen molar-refractivity contribution in [3.8, 4) is 11.3 Å². The zero-order valence-corrected chi connectivity index (χ0v) is 20.5. The van der Waals surface area contributed by atoms with E-state index in [1.807, 2.05) is 7.05 Å². The first kappa shape index (κ1) is 24.0. The maximum absolute atomic E-state index is 12.9. The molecule has 2 saturated heterocycles. The van der Waals surface area contributed by atoms with Gasteiger partial charge >= 0.3 is 0 Å². The molecule has 33 heavy (non-hydrogen) atoms. The molecule has 1 aromatic carbocycles. The third-order valence-corrected chi connectivity index (χ3v) is 9.38. The van der Waals surface area contributed by atoms with E-state index in [2.05, 4.69) is 20.2 Å². The summed E-state index contributed by atoms with van der Waals surface area (Å²) in [6.07, 6.45) is 4.25. The highest BCUT2D eigenvalue weighted by atomic mass is 32.2. The fourth-order valence-electron chi connectivity index (χ4n) is 4.08. The number of hydrogen-bond acceptors (Lipinski definition) is 8. The molecular weight excluding hydrogens is 464 g/mol. The van der Waals surface area contributed by atoms with Crippen molar-refractivity contribution in [2.75, 3.05) is 57.9 Å². The van der Waals surface area contributed by atoms with Gasteiger partial charge in [0.2, 0.25) is 26.0 Å². The summed E-state index contributed by atoms with van der Waals surface area (Å²) in [5.41, 5.74) is 1.48. The number of nitrogens with zero attached hydrogens (tertiary/aromatic N) is 5. The summed E-state index contributed by atoms with van der Waals surface area (Å²) in [5, 5.41) is 3.29. The van der Waals surface area contributed by atoms with E-state index in [9.17, 15) is 16.8 Å². The topological polar surface area (TPSA) is 116 Å². The summed E-state index contributed by atoms with van der Waals surface area (Å²) in [6.45, 7) is 3.37. The van der Waals surface area contributed by atoms with Gasteiger partial charge in [-0.15, -0.1) is 0 Å². The van der Waals surface area contributed by atoms with Crippen molar-refractivity contribution < 1.29 is 16.8 Å². The number of hydrogen-bond donors (Lipinski definition) is 1. The van der Waals surface area contributed by atoms with E-state index in [1.54, 1.807) is 36.5 Å². The van der Waals surface area contributed by atoms with Crippen LogP contribution in [0.4, 0.5) is 5.95 Å². The van der Waals surface area contributed by atoms with Crippen LogP contribution in [0.15, 0.2) is 41.4 Å². The van der Waals surface area contributed by atoms with E-state index in [4.69, 9.17) is 0 Å². The molecule has 4 rings (SSSR count). The standard InChI is InChI=1S/C21H30N6O4S2/c1-25-13-15-27(16-14-25)33(30,31)19-5-3-17(4-6-19)20-7-10-22-21(24-20)23-18-8-11-26(12-9-18)32(2,28)29/h3-7,10,18H,8-9,11-16H2,1-2H3,(H,22,23,24). The summed E-state index contributed by atoms with van der Waals surface area (Å²) in [5.74, 6) is 0.472. The smallest absolute Gasteiger partial charge is 0.243 e. The molecule has 0 spiro atoms. The average molecular weight is 495 g/mol. The van der Waals surface area contributed by atoms with Gasteiger partial charge in [-0.2, -0.15) is 4.31 Å². The minimum atomic E-state index is -3.51. The summed E-state index contributed by atoms with van der Waals surface area (Å²) >= 11 is 0. The lowest BCUT2D eigenvalue weighted by Gasteiger charge is -2.31. The second-order valence-electron chi connectivity index (χ2n) is 8.58. The predicted octanol–water partition coefficient (Wildman–Crippen LogP) is 0.916. The number of sulfonamides is 2. The van der Waals surface area contributed by atoms with E-state index in [1.165, 1.54) is 14.9 Å². The van der Waals surface area contributed by atoms with Crippen molar-refractivity contribution in [2.45, 2.75) is 23.8 Å². The number of piperidine rings is 1. The number of rotatable bonds is 6. The van der Waals surface area contributed by atoms with E-state index in [0.717, 1.165) is 18.7 Å². The van der Waals surface area contributed by atoms with E-state index >= 15 is 0 Å². The Morgan fingerprint density at radius 1 is 0.879 bits per heavy atom. The Bertz CT molecular complexity index is 1170. The zero-order chi connectivity index (χ0) is 23.6. The van der Waals surface area contributed by atoms with Gasteiger partial charge in [0.15, 0.2) is 0 Å². The first-order valence-electron chi connectivity index (χ1n) is 11.0. The van der Waals surface area contributed by atoms with E-state index < -0.39 is 20.0 Å². The van der Waals surface area contributed by atoms with Crippen molar-refractivity contribution in [3.63, 3.8) is 0 Å². The summed E-state index contributed by atoms with van der Waals surface area (Å²) < 4.78 is 52.2. The summed E-state index contributed by atoms with van der Waals surface area (Å²) in [7, 11) is -4.69. The minimum Gasteiger partial charge on any atom is -0.351 e. The van der Waals surface area contributed by atoms with Crippen molar-refractivity contribution in [1.82, 2.24) is 23.5 Å². The van der Waals surface area contributed by atoms with Crippen LogP contribution in [0.3, 0.4) is 0 Å². The number of likely N-dealkylation sites (N-methyl/N-ethyl adjacent to an activating group) is 1. The summed E-state index contributed by atoms with van der Waals surface area (Å²) in [6, 6.07) is 8.65. The minimum absolute atomic E-state index is 0.0920. The Hall–Kier alpha value is -2.12. The molecule has 3 heterocycles. The molecule has 180 valence electrons. The molecule has 12 heteroatoms. The van der Waals surface area contributed by atoms with Crippen LogP contribution in [-0.4, -0.2) is 98.9 Å². The number of aromatic nitrogens is 2. The van der Waals surface area contributed by atoms with Gasteiger partial charge < -0.3 is 10.2 Å². The van der Waals surface area contributed by atoms with Crippen LogP contribution in [0.1, 0.15) is 12.8 Å². The highest BCUT2D eigenvalue weighted by Crippen LogP contribution is 2.24. The van der Waals surface area contributed by atoms with Crippen LogP contribution in [-0.2, 0) is 20.0 Å². The van der Waals surface area contributed by atoms with Gasteiger partial charge in [-0.1, -0.05) is 12.1 Å². The van der Waals surface area contributed by atoms with Gasteiger partial charge in [-0.05, 0) is 38.1 Å². The molecule has 0 saturated carbocycles. The van der Waals surface area contributed by atoms with Gasteiger partial charge in [-0.3, -0.25) is 0 Å². The van der Waals surface area contributed by atoms with Crippen molar-refractivity contribution in [3.05, 3.63) is 36.5 Å². The first-order valence-corrected chi connectivity index (χ1v) is 14.3. The van der Waals surface area contributed by atoms with Crippen LogP contribution in [0.2, 0.25) is 0 Å². The molecular formula is C21H30N6O4S2. The SMILES string of the molecule is CN1CCN(S(=O)(=O)c2ccc(-c3ccnc(NC4CCN(S(C)(=O)=O)CC4)n3)cc2)CC1. The molecule has 0 unspecified atom stereocenters. The lowest BCUT2D eigenvalue weighted by molar-refractivity contribution is 0.222. The largest absolute Gasteiger partial charge is 0.351 e. The van der Waals surface area contributed by atoms with E-state index in [0.29, 0.717) is 50.7 Å². The van der Waals surface area contributed by atoms with Crippen molar-refractivity contribution >= 4 is 26.0 Å². The molecule has 0 aliphatic carbocycles. The summed E-state index contributed by atoms with van der Waals surface area (Å²) in [4.78, 5) is 11.3. The number of piperazine rings is 1. The lowest BCUT2D eigenvalue weighted by Crippen LogP contribution is -2.46. The Kier molecular flexibility index (Phi) is 7.01. The third kappa shape index (κ3) is 5.69. The molecule has 2 aliphatic heterocycles. The van der Waals surface area contributed by atoms with E-state index in [-0.39, 0.29) is 10.9 Å². The Labute approximate surface area is 195 Å². The molecule has 2 fully saturated rings. The highest BCUT2D eigenvalue weighted by molar-refractivity contribution is 7.89. The molecule has 2 aromatic rings. The Morgan fingerprint density at radius 3 is 2.12 bits per heavy atom. The van der Waals surface area contributed by atoms with Crippen molar-refractivity contribution in [1.29, 1.82) is 0 Å². The van der Waals surface area contributed by atoms with Crippen LogP contribution in [0, 0.1) is 0 Å². The Balaban J connectivity index is 1.42. The molecule has 2 aliphatic rings. The fraction of sp³-hybridized carbons (Fsp3) is 0.524. The quantitative estimate of drug-likeness (QED) is 0.630. The average Bonchev–Trinajstić information content (AvgIpc) is 2.79. The highest BCUT2D eigenvalue weighted by Gasteiger charge is 2.28. The number of anilines is 1. The molecule has 1 aromatic heterocycles. The van der Waals surface area contributed by atoms with Crippen molar-refractivity contribution in [2.24, 2.45) is 0 Å². The normalized spacial score (nSPS) is 20.1. The zero-order valence-electron chi connectivity index (χ0n) is 18.9. The van der Waals surface area contributed by atoms with Crippen LogP contribution < -0.4 is 5.32 Å². The van der Waals surface area contributed by atoms with Gasteiger partial charge in [0.25, 0.3) is 0 Å². The molecule has 10 nitrogen and oxygen atoms in total. The predicted molar refractivity (Wildman–Crippen MR) is 127 cm³/mol. The number of nitrogens with one attached hydrogen (secondary N) is 1. The third-order valence-electron chi connectivity index (χ3n) is 6.16. The molecule has 0 atom stereocenters. The molecule has 0 radical (unpaired) electrons. The molecule has 0 amide bonds. The van der Waals surface area contributed by atoms with Gasteiger partial charge in [0.1, 0.15) is 0 Å². The monoisotopic (exact) mass is 494 g/mol. The van der Waals surface area contributed by atoms with Crippen LogP contribution >= 0.6 is 0 Å². The maximum Gasteiger partial charge on any atom is 0.243 e. The second-order valence-corrected chi connectivity index (χ2v) is 12.5. The second kappa shape index (κ2) is 9.63. The van der Waals surface area contributed by atoms with Crippen LogP contribution in [0.5, 0.6) is 0 Å². The number of benzene rings is 1. The van der Waals surface area contributed by atoms with Gasteiger partial charge in [0, 0.05) is 57.1 Å². The van der Waals surface area contributed by atoms with Gasteiger partial charge in [0.05, 0.1) is 16.8 Å².